The van der Waals surface area contributed by atoms with Gasteiger partial charge >= 0.3 is 0 Å². The molecule has 2 rings (SSSR count). The van der Waals surface area contributed by atoms with Gasteiger partial charge in [0.2, 0.25) is 5.91 Å². The normalized spacial score (nSPS) is 38.7. The lowest BCUT2D eigenvalue weighted by Gasteiger charge is -2.46. The van der Waals surface area contributed by atoms with Crippen molar-refractivity contribution in [3.8, 4) is 0 Å². The molecule has 1 aliphatic carbocycles. The average molecular weight is 183 g/mol. The van der Waals surface area contributed by atoms with Crippen molar-refractivity contribution >= 4 is 11.7 Å². The SMILES string of the molecule is COC1CC2(CC(=O)CNC2=O)C1. The van der Waals surface area contributed by atoms with Gasteiger partial charge in [0.05, 0.1) is 18.1 Å². The molecule has 4 nitrogen and oxygen atoms in total. The molecular weight excluding hydrogens is 170 g/mol. The molecule has 1 aliphatic heterocycles. The Balaban J connectivity index is 2.05. The Morgan fingerprint density at radius 2 is 2.15 bits per heavy atom. The molecule has 13 heavy (non-hydrogen) atoms. The first-order valence-corrected chi connectivity index (χ1v) is 4.49. The maximum absolute atomic E-state index is 11.5. The minimum Gasteiger partial charge on any atom is -0.381 e. The molecule has 0 aromatic rings. The van der Waals surface area contributed by atoms with Crippen LogP contribution in [0.5, 0.6) is 0 Å². The number of carbonyl (C=O) groups excluding carboxylic acids is 2. The predicted octanol–water partition coefficient (Wildman–Crippen LogP) is -0.129. The molecule has 1 saturated carbocycles. The van der Waals surface area contributed by atoms with Crippen molar-refractivity contribution in [3.05, 3.63) is 0 Å². The van der Waals surface area contributed by atoms with Crippen molar-refractivity contribution in [1.29, 1.82) is 0 Å². The molecule has 2 fully saturated rings. The van der Waals surface area contributed by atoms with Gasteiger partial charge in [0.1, 0.15) is 0 Å². The van der Waals surface area contributed by atoms with E-state index in [-0.39, 0.29) is 24.3 Å². The Morgan fingerprint density at radius 3 is 2.77 bits per heavy atom. The lowest BCUT2D eigenvalue weighted by atomic mass is 9.62. The molecule has 4 heteroatoms. The first-order chi connectivity index (χ1) is 6.16. The van der Waals surface area contributed by atoms with Crippen molar-refractivity contribution in [2.24, 2.45) is 5.41 Å². The van der Waals surface area contributed by atoms with E-state index in [1.54, 1.807) is 7.11 Å². The maximum atomic E-state index is 11.5. The molecule has 0 aromatic heterocycles. The molecule has 1 amide bonds. The molecule has 0 atom stereocenters. The molecule has 1 spiro atoms. The van der Waals surface area contributed by atoms with Gasteiger partial charge in [-0.05, 0) is 12.8 Å². The van der Waals surface area contributed by atoms with Gasteiger partial charge in [-0.3, -0.25) is 9.59 Å². The Morgan fingerprint density at radius 1 is 1.46 bits per heavy atom. The number of amides is 1. The molecular formula is C9H13NO3. The molecule has 0 unspecified atom stereocenters. The van der Waals surface area contributed by atoms with Crippen molar-refractivity contribution < 1.29 is 14.3 Å². The number of hydrogen-bond donors (Lipinski definition) is 1. The van der Waals surface area contributed by atoms with Gasteiger partial charge in [0.15, 0.2) is 5.78 Å². The molecule has 1 heterocycles. The smallest absolute Gasteiger partial charge is 0.227 e. The third-order valence-electron chi connectivity index (χ3n) is 3.03. The second kappa shape index (κ2) is 2.80. The number of piperidine rings is 1. The van der Waals surface area contributed by atoms with E-state index in [1.807, 2.05) is 0 Å². The topological polar surface area (TPSA) is 55.4 Å². The summed E-state index contributed by atoms with van der Waals surface area (Å²) >= 11 is 0. The number of methoxy groups -OCH3 is 1. The van der Waals surface area contributed by atoms with Crippen LogP contribution in [0, 0.1) is 5.41 Å². The van der Waals surface area contributed by atoms with Crippen molar-refractivity contribution in [3.63, 3.8) is 0 Å². The Kier molecular flexibility index (Phi) is 1.87. The number of nitrogens with one attached hydrogen (secondary N) is 1. The highest BCUT2D eigenvalue weighted by atomic mass is 16.5. The monoisotopic (exact) mass is 183 g/mol. The standard InChI is InChI=1S/C9H13NO3/c1-13-7-3-9(4-7)2-6(11)5-10-8(9)12/h7H,2-5H2,1H3,(H,10,12). The van der Waals surface area contributed by atoms with E-state index < -0.39 is 5.41 Å². The number of Topliss-reactive ketones (excluding diaryl/α,β-unsaturated/α-hetero) is 1. The van der Waals surface area contributed by atoms with Gasteiger partial charge < -0.3 is 10.1 Å². The predicted molar refractivity (Wildman–Crippen MR) is 45.1 cm³/mol. The molecule has 1 N–H and O–H groups in total. The minimum absolute atomic E-state index is 0.0281. The van der Waals surface area contributed by atoms with E-state index in [0.717, 1.165) is 0 Å². The van der Waals surface area contributed by atoms with E-state index in [2.05, 4.69) is 5.32 Å². The van der Waals surface area contributed by atoms with Gasteiger partial charge in [-0.25, -0.2) is 0 Å². The second-order valence-corrected chi connectivity index (χ2v) is 3.94. The summed E-state index contributed by atoms with van der Waals surface area (Å²) in [5, 5.41) is 2.63. The summed E-state index contributed by atoms with van der Waals surface area (Å²) in [5.74, 6) is 0.162. The summed E-state index contributed by atoms with van der Waals surface area (Å²) in [6.07, 6.45) is 1.96. The third kappa shape index (κ3) is 1.25. The summed E-state index contributed by atoms with van der Waals surface area (Å²) in [7, 11) is 1.64. The highest BCUT2D eigenvalue weighted by molar-refractivity contribution is 5.97. The van der Waals surface area contributed by atoms with Crippen LogP contribution in [-0.2, 0) is 14.3 Å². The second-order valence-electron chi connectivity index (χ2n) is 3.94. The minimum atomic E-state index is -0.421. The summed E-state index contributed by atoms with van der Waals surface area (Å²) < 4.78 is 5.11. The summed E-state index contributed by atoms with van der Waals surface area (Å²) in [5.41, 5.74) is -0.421. The number of ketones is 1. The molecule has 1 saturated heterocycles. The Labute approximate surface area is 76.6 Å². The van der Waals surface area contributed by atoms with Crippen molar-refractivity contribution in [1.82, 2.24) is 5.32 Å². The zero-order valence-electron chi connectivity index (χ0n) is 7.63. The quantitative estimate of drug-likeness (QED) is 0.616. The van der Waals surface area contributed by atoms with Crippen LogP contribution >= 0.6 is 0 Å². The van der Waals surface area contributed by atoms with Crippen LogP contribution in [0.3, 0.4) is 0 Å². The number of hydrogen-bond acceptors (Lipinski definition) is 3. The summed E-state index contributed by atoms with van der Waals surface area (Å²) in [6, 6.07) is 0. The number of rotatable bonds is 1. The van der Waals surface area contributed by atoms with Crippen molar-refractivity contribution in [2.45, 2.75) is 25.4 Å². The van der Waals surface area contributed by atoms with Gasteiger partial charge in [-0.2, -0.15) is 0 Å². The maximum Gasteiger partial charge on any atom is 0.227 e. The van der Waals surface area contributed by atoms with Crippen LogP contribution in [-0.4, -0.2) is 31.4 Å². The van der Waals surface area contributed by atoms with Gasteiger partial charge in [0.25, 0.3) is 0 Å². The first-order valence-electron chi connectivity index (χ1n) is 4.49. The molecule has 0 bridgehead atoms. The summed E-state index contributed by atoms with van der Waals surface area (Å²) in [6.45, 7) is 0.207. The Bertz CT molecular complexity index is 256. The van der Waals surface area contributed by atoms with E-state index in [9.17, 15) is 9.59 Å². The fraction of sp³-hybridized carbons (Fsp3) is 0.778. The number of carbonyl (C=O) groups is 2. The largest absolute Gasteiger partial charge is 0.381 e. The fourth-order valence-corrected chi connectivity index (χ4v) is 2.19. The highest BCUT2D eigenvalue weighted by Crippen LogP contribution is 2.46. The van der Waals surface area contributed by atoms with Gasteiger partial charge in [0, 0.05) is 13.5 Å². The van der Waals surface area contributed by atoms with E-state index >= 15 is 0 Å². The zero-order valence-corrected chi connectivity index (χ0v) is 7.63. The van der Waals surface area contributed by atoms with E-state index in [0.29, 0.717) is 19.3 Å². The van der Waals surface area contributed by atoms with Gasteiger partial charge in [-0.1, -0.05) is 0 Å². The summed E-state index contributed by atoms with van der Waals surface area (Å²) in [4.78, 5) is 22.6. The van der Waals surface area contributed by atoms with Crippen LogP contribution in [0.4, 0.5) is 0 Å². The Hall–Kier alpha value is -0.900. The fourth-order valence-electron chi connectivity index (χ4n) is 2.19. The van der Waals surface area contributed by atoms with Crippen LogP contribution in [0.1, 0.15) is 19.3 Å². The zero-order chi connectivity index (χ0) is 9.47. The average Bonchev–Trinajstić information content (AvgIpc) is 2.05. The molecule has 0 aromatic carbocycles. The van der Waals surface area contributed by atoms with Crippen LogP contribution in [0.15, 0.2) is 0 Å². The highest BCUT2D eigenvalue weighted by Gasteiger charge is 2.53. The molecule has 0 radical (unpaired) electrons. The number of ether oxygens (including phenoxy) is 1. The lowest BCUT2D eigenvalue weighted by Crippen LogP contribution is -2.58. The molecule has 2 aliphatic rings. The first kappa shape index (κ1) is 8.69. The molecule has 72 valence electrons. The van der Waals surface area contributed by atoms with E-state index in [4.69, 9.17) is 4.74 Å². The van der Waals surface area contributed by atoms with E-state index in [1.165, 1.54) is 0 Å². The van der Waals surface area contributed by atoms with Crippen LogP contribution < -0.4 is 5.32 Å². The van der Waals surface area contributed by atoms with Crippen LogP contribution in [0.2, 0.25) is 0 Å². The van der Waals surface area contributed by atoms with Crippen LogP contribution in [0.25, 0.3) is 0 Å². The lowest BCUT2D eigenvalue weighted by molar-refractivity contribution is -0.156. The van der Waals surface area contributed by atoms with Crippen molar-refractivity contribution in [2.75, 3.05) is 13.7 Å². The third-order valence-corrected chi connectivity index (χ3v) is 3.03. The van der Waals surface area contributed by atoms with Gasteiger partial charge in [-0.15, -0.1) is 0 Å².